The van der Waals surface area contributed by atoms with Gasteiger partial charge in [-0.3, -0.25) is 14.5 Å². The van der Waals surface area contributed by atoms with Crippen LogP contribution in [0.25, 0.3) is 11.0 Å². The van der Waals surface area contributed by atoms with Crippen molar-refractivity contribution in [1.29, 1.82) is 0 Å². The van der Waals surface area contributed by atoms with Gasteiger partial charge >= 0.3 is 0 Å². The number of nitrogens with one attached hydrogen (secondary N) is 1. The first-order valence-electron chi connectivity index (χ1n) is 12.9. The molecule has 1 aromatic carbocycles. The Hall–Kier alpha value is -3.26. The van der Waals surface area contributed by atoms with Gasteiger partial charge in [-0.15, -0.1) is 0 Å². The summed E-state index contributed by atoms with van der Waals surface area (Å²) in [5.41, 5.74) is 4.22. The third-order valence-corrected chi connectivity index (χ3v) is 7.05. The van der Waals surface area contributed by atoms with Crippen LogP contribution in [0.5, 0.6) is 0 Å². The lowest BCUT2D eigenvalue weighted by Gasteiger charge is -2.34. The lowest BCUT2D eigenvalue weighted by molar-refractivity contribution is -0.122. The van der Waals surface area contributed by atoms with Crippen molar-refractivity contribution < 1.29 is 9.59 Å². The van der Waals surface area contributed by atoms with E-state index in [0.29, 0.717) is 50.7 Å². The molecule has 0 atom stereocenters. The SMILES string of the molecule is Cc1nn(C(C)(C)C)c2nc(C3CC3)cc(C(=O)N3CCN(CC(=O)NCc4ccccc4)CC3)c12. The van der Waals surface area contributed by atoms with Gasteiger partial charge in [-0.05, 0) is 52.2 Å². The number of fused-ring (bicyclic) bond motifs is 1. The fourth-order valence-corrected chi connectivity index (χ4v) is 4.87. The van der Waals surface area contributed by atoms with E-state index in [9.17, 15) is 9.59 Å². The predicted octanol–water partition coefficient (Wildman–Crippen LogP) is 3.45. The van der Waals surface area contributed by atoms with Crippen LogP contribution in [0.4, 0.5) is 0 Å². The van der Waals surface area contributed by atoms with Crippen molar-refractivity contribution in [3.05, 3.63) is 58.9 Å². The molecule has 0 unspecified atom stereocenters. The maximum atomic E-state index is 13.8. The second-order valence-electron chi connectivity index (χ2n) is 11.1. The summed E-state index contributed by atoms with van der Waals surface area (Å²) in [7, 11) is 0. The van der Waals surface area contributed by atoms with Gasteiger partial charge in [0.25, 0.3) is 5.91 Å². The number of amides is 2. The van der Waals surface area contributed by atoms with Gasteiger partial charge in [0.2, 0.25) is 5.91 Å². The Labute approximate surface area is 212 Å². The zero-order valence-electron chi connectivity index (χ0n) is 21.8. The highest BCUT2D eigenvalue weighted by Crippen LogP contribution is 2.41. The molecule has 1 saturated heterocycles. The highest BCUT2D eigenvalue weighted by atomic mass is 16.2. The number of benzene rings is 1. The summed E-state index contributed by atoms with van der Waals surface area (Å²) < 4.78 is 1.96. The number of aromatic nitrogens is 3. The van der Waals surface area contributed by atoms with E-state index in [1.54, 1.807) is 0 Å². The molecular formula is C28H36N6O2. The van der Waals surface area contributed by atoms with E-state index in [4.69, 9.17) is 10.1 Å². The summed E-state index contributed by atoms with van der Waals surface area (Å²) >= 11 is 0. The van der Waals surface area contributed by atoms with Gasteiger partial charge in [-0.2, -0.15) is 5.10 Å². The van der Waals surface area contributed by atoms with Crippen molar-refractivity contribution >= 4 is 22.8 Å². The van der Waals surface area contributed by atoms with Crippen LogP contribution in [-0.4, -0.2) is 69.1 Å². The molecule has 3 aromatic rings. The smallest absolute Gasteiger partial charge is 0.254 e. The number of hydrogen-bond donors (Lipinski definition) is 1. The summed E-state index contributed by atoms with van der Waals surface area (Å²) in [6.45, 7) is 11.7. The minimum Gasteiger partial charge on any atom is -0.351 e. The Kier molecular flexibility index (Phi) is 6.55. The monoisotopic (exact) mass is 488 g/mol. The number of piperazine rings is 1. The standard InChI is InChI=1S/C28H36N6O2/c1-19-25-22(16-23(21-10-11-21)30-26(25)34(31-19)28(2,3)4)27(36)33-14-12-32(13-15-33)18-24(35)29-17-20-8-6-5-7-9-20/h5-9,16,21H,10-15,17-18H2,1-4H3,(H,29,35). The van der Waals surface area contributed by atoms with Crippen LogP contribution in [0.2, 0.25) is 0 Å². The fourth-order valence-electron chi connectivity index (χ4n) is 4.87. The average Bonchev–Trinajstić information content (AvgIpc) is 3.65. The topological polar surface area (TPSA) is 83.4 Å². The first kappa shape index (κ1) is 24.4. The van der Waals surface area contributed by atoms with Crippen LogP contribution in [-0.2, 0) is 16.9 Å². The molecule has 2 aromatic heterocycles. The number of rotatable bonds is 6. The Morgan fingerprint density at radius 2 is 1.75 bits per heavy atom. The molecule has 8 heteroatoms. The molecule has 1 aliphatic carbocycles. The van der Waals surface area contributed by atoms with E-state index >= 15 is 0 Å². The lowest BCUT2D eigenvalue weighted by Crippen LogP contribution is -2.51. The molecule has 2 fully saturated rings. The van der Waals surface area contributed by atoms with Crippen LogP contribution < -0.4 is 5.32 Å². The molecular weight excluding hydrogens is 452 g/mol. The molecule has 8 nitrogen and oxygen atoms in total. The molecule has 1 aliphatic heterocycles. The van der Waals surface area contributed by atoms with Crippen LogP contribution in [0, 0.1) is 6.92 Å². The molecule has 36 heavy (non-hydrogen) atoms. The lowest BCUT2D eigenvalue weighted by atomic mass is 10.1. The van der Waals surface area contributed by atoms with E-state index in [0.717, 1.165) is 40.8 Å². The number of carbonyl (C=O) groups excluding carboxylic acids is 2. The van der Waals surface area contributed by atoms with Gasteiger partial charge in [0.15, 0.2) is 5.65 Å². The minimum absolute atomic E-state index is 0.00812. The van der Waals surface area contributed by atoms with Gasteiger partial charge in [-0.25, -0.2) is 9.67 Å². The van der Waals surface area contributed by atoms with Gasteiger partial charge in [0, 0.05) is 44.3 Å². The van der Waals surface area contributed by atoms with Crippen molar-refractivity contribution in [2.45, 2.75) is 58.5 Å². The van der Waals surface area contributed by atoms with Crippen LogP contribution >= 0.6 is 0 Å². The zero-order valence-corrected chi connectivity index (χ0v) is 21.8. The van der Waals surface area contributed by atoms with Crippen molar-refractivity contribution in [2.75, 3.05) is 32.7 Å². The molecule has 190 valence electrons. The number of carbonyl (C=O) groups is 2. The Morgan fingerprint density at radius 1 is 1.06 bits per heavy atom. The largest absolute Gasteiger partial charge is 0.351 e. The quantitative estimate of drug-likeness (QED) is 0.575. The van der Waals surface area contributed by atoms with Crippen LogP contribution in [0.15, 0.2) is 36.4 Å². The summed E-state index contributed by atoms with van der Waals surface area (Å²) in [6, 6.07) is 11.9. The van der Waals surface area contributed by atoms with E-state index in [-0.39, 0.29) is 17.4 Å². The van der Waals surface area contributed by atoms with Gasteiger partial charge in [0.1, 0.15) is 0 Å². The van der Waals surface area contributed by atoms with E-state index in [1.165, 1.54) is 0 Å². The van der Waals surface area contributed by atoms with E-state index in [1.807, 2.05) is 52.9 Å². The van der Waals surface area contributed by atoms with Crippen LogP contribution in [0.1, 0.15) is 66.8 Å². The maximum absolute atomic E-state index is 13.8. The third-order valence-electron chi connectivity index (χ3n) is 7.05. The highest BCUT2D eigenvalue weighted by molar-refractivity contribution is 6.06. The van der Waals surface area contributed by atoms with Crippen LogP contribution in [0.3, 0.4) is 0 Å². The molecule has 1 N–H and O–H groups in total. The minimum atomic E-state index is -0.227. The predicted molar refractivity (Wildman–Crippen MR) is 140 cm³/mol. The number of nitrogens with zero attached hydrogens (tertiary/aromatic N) is 5. The molecule has 1 saturated carbocycles. The maximum Gasteiger partial charge on any atom is 0.254 e. The molecule has 2 aliphatic rings. The van der Waals surface area contributed by atoms with Gasteiger partial charge in [-0.1, -0.05) is 30.3 Å². The molecule has 0 radical (unpaired) electrons. The van der Waals surface area contributed by atoms with Gasteiger partial charge in [0.05, 0.1) is 28.7 Å². The Bertz CT molecular complexity index is 1260. The number of aryl methyl sites for hydroxylation is 1. The van der Waals surface area contributed by atoms with Gasteiger partial charge < -0.3 is 10.2 Å². The Balaban J connectivity index is 1.27. The van der Waals surface area contributed by atoms with E-state index in [2.05, 4.69) is 31.0 Å². The first-order valence-corrected chi connectivity index (χ1v) is 12.9. The molecule has 5 rings (SSSR count). The number of pyridine rings is 1. The molecule has 3 heterocycles. The first-order chi connectivity index (χ1) is 17.2. The molecule has 0 bridgehead atoms. The molecule has 0 spiro atoms. The third kappa shape index (κ3) is 5.14. The average molecular weight is 489 g/mol. The normalized spacial score (nSPS) is 16.9. The Morgan fingerprint density at radius 3 is 2.39 bits per heavy atom. The fraction of sp³-hybridized carbons (Fsp3) is 0.500. The highest BCUT2D eigenvalue weighted by Gasteiger charge is 2.32. The van der Waals surface area contributed by atoms with Crippen molar-refractivity contribution in [3.63, 3.8) is 0 Å². The second-order valence-corrected chi connectivity index (χ2v) is 11.1. The van der Waals surface area contributed by atoms with Crippen molar-refractivity contribution in [2.24, 2.45) is 0 Å². The van der Waals surface area contributed by atoms with Crippen molar-refractivity contribution in [1.82, 2.24) is 29.9 Å². The zero-order chi connectivity index (χ0) is 25.4. The van der Waals surface area contributed by atoms with E-state index < -0.39 is 0 Å². The summed E-state index contributed by atoms with van der Waals surface area (Å²) in [5, 5.41) is 8.64. The second kappa shape index (κ2) is 9.65. The van der Waals surface area contributed by atoms with Crippen molar-refractivity contribution in [3.8, 4) is 0 Å². The summed E-state index contributed by atoms with van der Waals surface area (Å²) in [4.78, 5) is 35.2. The summed E-state index contributed by atoms with van der Waals surface area (Å²) in [6.07, 6.45) is 2.25. The summed E-state index contributed by atoms with van der Waals surface area (Å²) in [5.74, 6) is 0.485. The molecule has 2 amide bonds. The number of hydrogen-bond acceptors (Lipinski definition) is 5.